The standard InChI is InChI=1S/C16H23N3OS/c1-12(2)17-9-5-8-15-18-19-16(21-15)11-13-6-4-7-14(10-13)20-3/h4,6-7,10,12,17H,5,8-9,11H2,1-3H3. The molecule has 5 heteroatoms. The van der Waals surface area contributed by atoms with Crippen molar-refractivity contribution in [3.8, 4) is 5.75 Å². The van der Waals surface area contributed by atoms with Crippen molar-refractivity contribution < 1.29 is 4.74 Å². The fraction of sp³-hybridized carbons (Fsp3) is 0.500. The van der Waals surface area contributed by atoms with Gasteiger partial charge in [0.05, 0.1) is 7.11 Å². The number of nitrogens with one attached hydrogen (secondary N) is 1. The smallest absolute Gasteiger partial charge is 0.121 e. The van der Waals surface area contributed by atoms with Crippen molar-refractivity contribution in [3.05, 3.63) is 39.8 Å². The lowest BCUT2D eigenvalue weighted by atomic mass is 10.1. The number of methoxy groups -OCH3 is 1. The summed E-state index contributed by atoms with van der Waals surface area (Å²) in [6, 6.07) is 8.65. The molecule has 0 atom stereocenters. The van der Waals surface area contributed by atoms with E-state index in [4.69, 9.17) is 4.74 Å². The molecule has 0 saturated carbocycles. The van der Waals surface area contributed by atoms with Crippen LogP contribution in [0.5, 0.6) is 5.75 Å². The maximum atomic E-state index is 5.24. The lowest BCUT2D eigenvalue weighted by Gasteiger charge is -2.05. The molecule has 0 bridgehead atoms. The van der Waals surface area contributed by atoms with Gasteiger partial charge in [0, 0.05) is 18.9 Å². The summed E-state index contributed by atoms with van der Waals surface area (Å²) in [6.07, 6.45) is 2.92. The van der Waals surface area contributed by atoms with E-state index in [1.54, 1.807) is 18.4 Å². The SMILES string of the molecule is COc1cccc(Cc2nnc(CCCNC(C)C)s2)c1. The first-order valence-corrected chi connectivity index (χ1v) is 8.16. The Bertz CT molecular complexity index is 554. The van der Waals surface area contributed by atoms with E-state index in [0.717, 1.165) is 41.6 Å². The molecular weight excluding hydrogens is 282 g/mol. The number of rotatable bonds is 8. The van der Waals surface area contributed by atoms with Gasteiger partial charge in [-0.1, -0.05) is 26.0 Å². The molecule has 0 fully saturated rings. The first-order valence-electron chi connectivity index (χ1n) is 7.35. The molecule has 0 aliphatic carbocycles. The molecule has 114 valence electrons. The molecular formula is C16H23N3OS. The molecule has 0 unspecified atom stereocenters. The van der Waals surface area contributed by atoms with Gasteiger partial charge in [0.2, 0.25) is 0 Å². The molecule has 0 aliphatic heterocycles. The van der Waals surface area contributed by atoms with Gasteiger partial charge in [0.15, 0.2) is 0 Å². The molecule has 2 aromatic rings. The van der Waals surface area contributed by atoms with E-state index in [2.05, 4.69) is 35.4 Å². The van der Waals surface area contributed by atoms with Crippen LogP contribution in [0.2, 0.25) is 0 Å². The van der Waals surface area contributed by atoms with E-state index >= 15 is 0 Å². The van der Waals surface area contributed by atoms with E-state index in [9.17, 15) is 0 Å². The summed E-state index contributed by atoms with van der Waals surface area (Å²) >= 11 is 1.71. The minimum Gasteiger partial charge on any atom is -0.497 e. The van der Waals surface area contributed by atoms with Crippen LogP contribution in [0.3, 0.4) is 0 Å². The summed E-state index contributed by atoms with van der Waals surface area (Å²) in [4.78, 5) is 0. The van der Waals surface area contributed by atoms with E-state index in [1.165, 1.54) is 5.56 Å². The van der Waals surface area contributed by atoms with Crippen molar-refractivity contribution in [2.45, 2.75) is 39.2 Å². The fourth-order valence-electron chi connectivity index (χ4n) is 2.05. The molecule has 1 heterocycles. The molecule has 0 saturated heterocycles. The highest BCUT2D eigenvalue weighted by atomic mass is 32.1. The molecule has 0 amide bonds. The molecule has 0 aliphatic rings. The average Bonchev–Trinajstić information content (AvgIpc) is 2.91. The highest BCUT2D eigenvalue weighted by molar-refractivity contribution is 7.11. The van der Waals surface area contributed by atoms with E-state index in [0.29, 0.717) is 6.04 Å². The summed E-state index contributed by atoms with van der Waals surface area (Å²) in [6.45, 7) is 5.36. The van der Waals surface area contributed by atoms with Crippen LogP contribution in [-0.2, 0) is 12.8 Å². The third kappa shape index (κ3) is 5.44. The van der Waals surface area contributed by atoms with Crippen molar-refractivity contribution >= 4 is 11.3 Å². The van der Waals surface area contributed by atoms with E-state index in [1.807, 2.05) is 18.2 Å². The van der Waals surface area contributed by atoms with Gasteiger partial charge < -0.3 is 10.1 Å². The second kappa shape index (κ2) is 8.10. The van der Waals surface area contributed by atoms with Gasteiger partial charge in [-0.05, 0) is 30.7 Å². The zero-order valence-corrected chi connectivity index (χ0v) is 13.7. The van der Waals surface area contributed by atoms with Crippen LogP contribution in [0.4, 0.5) is 0 Å². The van der Waals surface area contributed by atoms with Crippen LogP contribution < -0.4 is 10.1 Å². The number of hydrogen-bond acceptors (Lipinski definition) is 5. The second-order valence-corrected chi connectivity index (χ2v) is 6.48. The predicted octanol–water partition coefficient (Wildman–Crippen LogP) is 3.07. The number of aromatic nitrogens is 2. The molecule has 0 radical (unpaired) electrons. The number of benzene rings is 1. The molecule has 1 N–H and O–H groups in total. The Labute approximate surface area is 130 Å². The minimum absolute atomic E-state index is 0.544. The van der Waals surface area contributed by atoms with Crippen molar-refractivity contribution in [1.82, 2.24) is 15.5 Å². The normalized spacial score (nSPS) is 11.0. The Hall–Kier alpha value is -1.46. The van der Waals surface area contributed by atoms with Gasteiger partial charge in [-0.3, -0.25) is 0 Å². The highest BCUT2D eigenvalue weighted by Gasteiger charge is 2.06. The number of aryl methyl sites for hydroxylation is 1. The van der Waals surface area contributed by atoms with Crippen molar-refractivity contribution in [2.24, 2.45) is 0 Å². The van der Waals surface area contributed by atoms with Crippen LogP contribution in [0, 0.1) is 0 Å². The van der Waals surface area contributed by atoms with Crippen LogP contribution in [0.1, 0.15) is 35.8 Å². The van der Waals surface area contributed by atoms with Crippen LogP contribution >= 0.6 is 11.3 Å². The number of hydrogen-bond donors (Lipinski definition) is 1. The summed E-state index contributed by atoms with van der Waals surface area (Å²) in [5.41, 5.74) is 1.21. The third-order valence-electron chi connectivity index (χ3n) is 3.12. The summed E-state index contributed by atoms with van der Waals surface area (Å²) < 4.78 is 5.24. The van der Waals surface area contributed by atoms with Gasteiger partial charge in [-0.15, -0.1) is 21.5 Å². The van der Waals surface area contributed by atoms with Gasteiger partial charge in [-0.25, -0.2) is 0 Å². The zero-order chi connectivity index (χ0) is 15.1. The lowest BCUT2D eigenvalue weighted by molar-refractivity contribution is 0.414. The lowest BCUT2D eigenvalue weighted by Crippen LogP contribution is -2.23. The Kier molecular flexibility index (Phi) is 6.14. The van der Waals surface area contributed by atoms with Crippen LogP contribution in [0.25, 0.3) is 0 Å². The third-order valence-corrected chi connectivity index (χ3v) is 4.10. The Morgan fingerprint density at radius 3 is 2.81 bits per heavy atom. The Morgan fingerprint density at radius 1 is 1.24 bits per heavy atom. The average molecular weight is 305 g/mol. The number of ether oxygens (including phenoxy) is 1. The van der Waals surface area contributed by atoms with E-state index < -0.39 is 0 Å². The minimum atomic E-state index is 0.544. The summed E-state index contributed by atoms with van der Waals surface area (Å²) in [7, 11) is 1.69. The van der Waals surface area contributed by atoms with Crippen molar-refractivity contribution in [3.63, 3.8) is 0 Å². The van der Waals surface area contributed by atoms with Crippen LogP contribution in [-0.4, -0.2) is 29.9 Å². The Balaban J connectivity index is 1.84. The highest BCUT2D eigenvalue weighted by Crippen LogP contribution is 2.19. The second-order valence-electron chi connectivity index (χ2n) is 5.33. The van der Waals surface area contributed by atoms with Crippen LogP contribution in [0.15, 0.2) is 24.3 Å². The zero-order valence-electron chi connectivity index (χ0n) is 12.9. The maximum Gasteiger partial charge on any atom is 0.121 e. The van der Waals surface area contributed by atoms with Crippen molar-refractivity contribution in [2.75, 3.05) is 13.7 Å². The molecule has 2 rings (SSSR count). The molecule has 0 spiro atoms. The first-order chi connectivity index (χ1) is 10.2. The van der Waals surface area contributed by atoms with Gasteiger partial charge >= 0.3 is 0 Å². The van der Waals surface area contributed by atoms with Gasteiger partial charge in [-0.2, -0.15) is 0 Å². The molecule has 1 aromatic heterocycles. The predicted molar refractivity (Wildman–Crippen MR) is 87.2 cm³/mol. The molecule has 21 heavy (non-hydrogen) atoms. The summed E-state index contributed by atoms with van der Waals surface area (Å²) in [5.74, 6) is 0.886. The topological polar surface area (TPSA) is 47.0 Å². The largest absolute Gasteiger partial charge is 0.497 e. The van der Waals surface area contributed by atoms with Crippen molar-refractivity contribution in [1.29, 1.82) is 0 Å². The summed E-state index contributed by atoms with van der Waals surface area (Å²) in [5, 5.41) is 14.2. The first kappa shape index (κ1) is 15.9. The fourth-order valence-corrected chi connectivity index (χ4v) is 2.97. The number of nitrogens with zero attached hydrogens (tertiary/aromatic N) is 2. The van der Waals surface area contributed by atoms with E-state index in [-0.39, 0.29) is 0 Å². The monoisotopic (exact) mass is 305 g/mol. The molecule has 4 nitrogen and oxygen atoms in total. The quantitative estimate of drug-likeness (QED) is 0.761. The van der Waals surface area contributed by atoms with Gasteiger partial charge in [0.25, 0.3) is 0 Å². The Morgan fingerprint density at radius 2 is 2.05 bits per heavy atom. The van der Waals surface area contributed by atoms with Gasteiger partial charge in [0.1, 0.15) is 15.8 Å². The molecule has 1 aromatic carbocycles. The maximum absolute atomic E-state index is 5.24.